The topological polar surface area (TPSA) is 353 Å². The maximum atomic E-state index is 12.7. The second-order valence-corrected chi connectivity index (χ2v) is 12.6. The Bertz CT molecular complexity index is 993. The number of carbonyl (C=O) groups excluding carboxylic acids is 1. The van der Waals surface area contributed by atoms with Gasteiger partial charge in [-0.05, 0) is 25.2 Å². The van der Waals surface area contributed by atoms with Crippen molar-refractivity contribution in [2.45, 2.75) is 124 Å². The van der Waals surface area contributed by atoms with E-state index >= 15 is 0 Å². The maximum Gasteiger partial charge on any atom is 0.246 e. The summed E-state index contributed by atoms with van der Waals surface area (Å²) in [5.41, 5.74) is 35.7. The molecule has 0 unspecified atom stereocenters. The monoisotopic (exact) mass is 683 g/mol. The summed E-state index contributed by atoms with van der Waals surface area (Å²) in [6.45, 7) is -0.718. The minimum Gasteiger partial charge on any atom is -0.394 e. The van der Waals surface area contributed by atoms with E-state index in [9.17, 15) is 35.5 Å². The predicted molar refractivity (Wildman–Crippen MR) is 158 cm³/mol. The molecule has 3 heterocycles. The summed E-state index contributed by atoms with van der Waals surface area (Å²) in [4.78, 5) is 12.7. The van der Waals surface area contributed by atoms with Crippen LogP contribution in [-0.2, 0) is 33.2 Å². The van der Waals surface area contributed by atoms with Gasteiger partial charge in [0.2, 0.25) is 5.91 Å². The quantitative estimate of drug-likeness (QED) is 0.0633. The van der Waals surface area contributed by atoms with Crippen LogP contribution in [0.5, 0.6) is 0 Å². The molecule has 1 amide bonds. The highest BCUT2D eigenvalue weighted by molar-refractivity contribution is 5.75. The molecule has 1 aliphatic carbocycles. The zero-order valence-corrected chi connectivity index (χ0v) is 26.1. The third kappa shape index (κ3) is 8.74. The number of aliphatic hydroxyl groups excluding tert-OH is 5. The highest BCUT2D eigenvalue weighted by Gasteiger charge is 2.54. The number of hydrogen-bond acceptors (Lipinski definition) is 19. The van der Waals surface area contributed by atoms with Gasteiger partial charge in [0.25, 0.3) is 0 Å². The van der Waals surface area contributed by atoms with Crippen LogP contribution < -0.4 is 34.4 Å². The highest BCUT2D eigenvalue weighted by Crippen LogP contribution is 2.37. The maximum absolute atomic E-state index is 12.7. The minimum atomic E-state index is -1.62. The van der Waals surface area contributed by atoms with Crippen LogP contribution in [0.1, 0.15) is 25.7 Å². The Kier molecular flexibility index (Phi) is 14.0. The van der Waals surface area contributed by atoms with E-state index in [1.54, 1.807) is 0 Å². The Labute approximate surface area is 272 Å². The van der Waals surface area contributed by atoms with Crippen molar-refractivity contribution in [3.05, 3.63) is 0 Å². The van der Waals surface area contributed by atoms with Gasteiger partial charge in [0.15, 0.2) is 18.9 Å². The molecule has 0 bridgehead atoms. The van der Waals surface area contributed by atoms with Crippen LogP contribution in [0, 0.1) is 5.92 Å². The molecule has 0 aromatic carbocycles. The molecular formula is C27H53N7O13. The Balaban J connectivity index is 1.54. The molecule has 3 aliphatic heterocycles. The van der Waals surface area contributed by atoms with E-state index < -0.39 is 110 Å². The van der Waals surface area contributed by atoms with E-state index in [1.165, 1.54) is 0 Å². The number of nitrogens with two attached hydrogens (primary N) is 6. The van der Waals surface area contributed by atoms with Crippen LogP contribution in [0.3, 0.4) is 0 Å². The van der Waals surface area contributed by atoms with Crippen molar-refractivity contribution in [2.75, 3.05) is 32.8 Å². The highest BCUT2D eigenvalue weighted by atomic mass is 16.8. The number of nitrogens with zero attached hydrogens (tertiary/aromatic N) is 1. The van der Waals surface area contributed by atoms with Crippen LogP contribution in [0.15, 0.2) is 0 Å². The Hall–Kier alpha value is -1.25. The first-order chi connectivity index (χ1) is 22.3. The van der Waals surface area contributed by atoms with Crippen molar-refractivity contribution >= 4 is 5.91 Å². The van der Waals surface area contributed by atoms with Crippen molar-refractivity contribution in [3.63, 3.8) is 0 Å². The molecule has 1 saturated carbocycles. The van der Waals surface area contributed by atoms with Gasteiger partial charge in [-0.2, -0.15) is 0 Å². The molecule has 18 N–H and O–H groups in total. The third-order valence-electron chi connectivity index (χ3n) is 9.29. The van der Waals surface area contributed by atoms with Crippen molar-refractivity contribution in [1.29, 1.82) is 0 Å². The molecule has 17 atom stereocenters. The minimum absolute atomic E-state index is 0.0114. The molecule has 20 nitrogen and oxygen atoms in total. The van der Waals surface area contributed by atoms with Crippen LogP contribution >= 0.6 is 0 Å². The molecule has 274 valence electrons. The van der Waals surface area contributed by atoms with Gasteiger partial charge in [0.1, 0.15) is 48.8 Å². The average molecular weight is 684 g/mol. The SMILES string of the molecule is NCCN(O)C(=O)C[C@@H]1C[C@H](N)[C@@H](O[C@H]2O[C@H](CN)CC[C@H]2N)[C@H](O[C@@H]2O[C@H](CO)[C@@H](O[C@H]3O[C@@H](CN)[C@@H](O)[C@H](O)[C@H]3N)[C@H]2O)[C@H]1O. The standard InChI is InChI=1S/C27H53N7O13/c28-3-4-34(41)16(36)6-10-5-13(32)22(45-25-12(31)2-1-11(7-29)42-25)24(18(10)37)47-27-21(40)23(15(9-35)44-27)46-26-17(33)20(39)19(38)14(8-30)43-26/h10-15,17-27,35,37-41H,1-9,28-33H2/t10-,11-,12+,13-,14-,15+,17+,18-,19+,20+,21+,22+,23+,24+,25+,26+,27-/m0/s1. The first-order valence-electron chi connectivity index (χ1n) is 16.0. The van der Waals surface area contributed by atoms with Crippen molar-refractivity contribution in [3.8, 4) is 0 Å². The predicted octanol–water partition coefficient (Wildman–Crippen LogP) is -6.98. The van der Waals surface area contributed by atoms with Crippen LogP contribution in [0.25, 0.3) is 0 Å². The molecule has 3 saturated heterocycles. The molecule has 4 aliphatic rings. The zero-order valence-electron chi connectivity index (χ0n) is 26.1. The zero-order chi connectivity index (χ0) is 34.6. The van der Waals surface area contributed by atoms with E-state index in [1.807, 2.05) is 0 Å². The third-order valence-corrected chi connectivity index (χ3v) is 9.29. The fourth-order valence-electron chi connectivity index (χ4n) is 6.49. The number of hydroxylamine groups is 2. The average Bonchev–Trinajstić information content (AvgIpc) is 3.35. The first kappa shape index (κ1) is 38.6. The normalized spacial score (nSPS) is 46.0. The Morgan fingerprint density at radius 3 is 2.04 bits per heavy atom. The second-order valence-electron chi connectivity index (χ2n) is 12.6. The Morgan fingerprint density at radius 1 is 0.745 bits per heavy atom. The summed E-state index contributed by atoms with van der Waals surface area (Å²) in [6.07, 6.45) is -15.2. The smallest absolute Gasteiger partial charge is 0.246 e. The number of hydrogen-bond donors (Lipinski definition) is 12. The van der Waals surface area contributed by atoms with E-state index in [4.69, 9.17) is 62.8 Å². The number of aliphatic hydroxyl groups is 5. The molecule has 4 rings (SSSR count). The van der Waals surface area contributed by atoms with Gasteiger partial charge in [-0.3, -0.25) is 10.0 Å². The largest absolute Gasteiger partial charge is 0.394 e. The molecule has 4 fully saturated rings. The Morgan fingerprint density at radius 2 is 1.40 bits per heavy atom. The van der Waals surface area contributed by atoms with E-state index in [0.29, 0.717) is 17.9 Å². The molecule has 0 radical (unpaired) electrons. The number of rotatable bonds is 13. The lowest BCUT2D eigenvalue weighted by Crippen LogP contribution is -2.64. The summed E-state index contributed by atoms with van der Waals surface area (Å²) in [7, 11) is 0. The van der Waals surface area contributed by atoms with Crippen LogP contribution in [0.4, 0.5) is 0 Å². The molecule has 0 aromatic rings. The lowest BCUT2D eigenvalue weighted by molar-refractivity contribution is -0.292. The van der Waals surface area contributed by atoms with Gasteiger partial charge in [0, 0.05) is 32.1 Å². The lowest BCUT2D eigenvalue weighted by Gasteiger charge is -2.46. The molecule has 0 aromatic heterocycles. The van der Waals surface area contributed by atoms with Crippen molar-refractivity contribution in [1.82, 2.24) is 5.06 Å². The molecule has 47 heavy (non-hydrogen) atoms. The second kappa shape index (κ2) is 17.1. The fraction of sp³-hybridized carbons (Fsp3) is 0.963. The van der Waals surface area contributed by atoms with E-state index in [0.717, 1.165) is 0 Å². The van der Waals surface area contributed by atoms with E-state index in [-0.39, 0.29) is 45.1 Å². The number of ether oxygens (including phenoxy) is 6. The summed E-state index contributed by atoms with van der Waals surface area (Å²) >= 11 is 0. The molecular weight excluding hydrogens is 630 g/mol. The summed E-state index contributed by atoms with van der Waals surface area (Å²) in [5, 5.41) is 64.0. The number of carbonyl (C=O) groups is 1. The first-order valence-corrected chi connectivity index (χ1v) is 16.0. The summed E-state index contributed by atoms with van der Waals surface area (Å²) in [5.74, 6) is -1.53. The van der Waals surface area contributed by atoms with Crippen molar-refractivity contribution < 1.29 is 64.0 Å². The van der Waals surface area contributed by atoms with Gasteiger partial charge in [-0.15, -0.1) is 0 Å². The van der Waals surface area contributed by atoms with Gasteiger partial charge in [0.05, 0.1) is 37.4 Å². The number of amides is 1. The van der Waals surface area contributed by atoms with E-state index in [2.05, 4.69) is 0 Å². The van der Waals surface area contributed by atoms with Gasteiger partial charge in [-0.1, -0.05) is 0 Å². The van der Waals surface area contributed by atoms with Gasteiger partial charge >= 0.3 is 0 Å². The molecule has 0 spiro atoms. The molecule has 20 heteroatoms. The lowest BCUT2D eigenvalue weighted by atomic mass is 9.77. The summed E-state index contributed by atoms with van der Waals surface area (Å²) in [6, 6.07) is -2.67. The van der Waals surface area contributed by atoms with Crippen molar-refractivity contribution in [2.24, 2.45) is 40.3 Å². The summed E-state index contributed by atoms with van der Waals surface area (Å²) < 4.78 is 35.6. The van der Waals surface area contributed by atoms with Crippen LogP contribution in [0.2, 0.25) is 0 Å². The van der Waals surface area contributed by atoms with Crippen LogP contribution in [-0.4, -0.2) is 173 Å². The van der Waals surface area contributed by atoms with Gasteiger partial charge < -0.3 is 88.4 Å². The van der Waals surface area contributed by atoms with Gasteiger partial charge in [-0.25, -0.2) is 5.06 Å². The fourth-order valence-corrected chi connectivity index (χ4v) is 6.49.